The molecule has 0 atom stereocenters. The second kappa shape index (κ2) is 12.8. The summed E-state index contributed by atoms with van der Waals surface area (Å²) in [5, 5.41) is 21.9. The van der Waals surface area contributed by atoms with Crippen molar-refractivity contribution in [2.45, 2.75) is 0 Å². The number of benzene rings is 4. The van der Waals surface area contributed by atoms with Gasteiger partial charge in [0.15, 0.2) is 0 Å². The smallest absolute Gasteiger partial charge is 0.120 e. The summed E-state index contributed by atoms with van der Waals surface area (Å²) in [5.74, 6) is 3.03. The van der Waals surface area contributed by atoms with Crippen molar-refractivity contribution in [1.82, 2.24) is 0 Å². The molecule has 0 amide bonds. The highest BCUT2D eigenvalue weighted by Gasteiger charge is 2.03. The second-order valence-corrected chi connectivity index (χ2v) is 7.79. The average molecular weight is 479 g/mol. The number of hydrogen-bond donors (Lipinski definition) is 2. The standard InChI is InChI=1S/C28H30O7/c29-9-11-32-25-5-1-23-19-27(7-3-21(23)17-25)34-15-13-31-14-16-35-28-8-4-22-18-26(33-12-10-30)6-2-24(22)20-28/h1-8,17-20,29-30H,9-16H2. The molecular formula is C28H30O7. The van der Waals surface area contributed by atoms with E-state index in [2.05, 4.69) is 0 Å². The third-order valence-corrected chi connectivity index (χ3v) is 5.28. The first kappa shape index (κ1) is 24.6. The van der Waals surface area contributed by atoms with E-state index in [1.54, 1.807) is 0 Å². The van der Waals surface area contributed by atoms with Crippen molar-refractivity contribution in [3.63, 3.8) is 0 Å². The maximum Gasteiger partial charge on any atom is 0.120 e. The molecular weight excluding hydrogens is 448 g/mol. The van der Waals surface area contributed by atoms with Crippen LogP contribution in [-0.4, -0.2) is 63.1 Å². The van der Waals surface area contributed by atoms with Crippen molar-refractivity contribution in [3.05, 3.63) is 72.8 Å². The van der Waals surface area contributed by atoms with Gasteiger partial charge < -0.3 is 33.9 Å². The summed E-state index contributed by atoms with van der Waals surface area (Å²) in [6, 6.07) is 23.4. The van der Waals surface area contributed by atoms with Gasteiger partial charge in [-0.3, -0.25) is 0 Å². The summed E-state index contributed by atoms with van der Waals surface area (Å²) >= 11 is 0. The number of ether oxygens (including phenoxy) is 5. The quantitative estimate of drug-likeness (QED) is 0.263. The zero-order chi connectivity index (χ0) is 24.3. The van der Waals surface area contributed by atoms with E-state index >= 15 is 0 Å². The Morgan fingerprint density at radius 2 is 0.714 bits per heavy atom. The van der Waals surface area contributed by atoms with Crippen LogP contribution in [0.25, 0.3) is 21.5 Å². The number of hydrogen-bond acceptors (Lipinski definition) is 7. The number of aliphatic hydroxyl groups is 2. The topological polar surface area (TPSA) is 86.6 Å². The van der Waals surface area contributed by atoms with E-state index in [1.165, 1.54) is 0 Å². The zero-order valence-corrected chi connectivity index (χ0v) is 19.5. The maximum atomic E-state index is 8.87. The van der Waals surface area contributed by atoms with Gasteiger partial charge in [-0.05, 0) is 70.1 Å². The molecule has 35 heavy (non-hydrogen) atoms. The van der Waals surface area contributed by atoms with Crippen LogP contribution in [0.3, 0.4) is 0 Å². The van der Waals surface area contributed by atoms with E-state index in [4.69, 9.17) is 33.9 Å². The number of fused-ring (bicyclic) bond motifs is 2. The molecule has 184 valence electrons. The minimum Gasteiger partial charge on any atom is -0.491 e. The summed E-state index contributed by atoms with van der Waals surface area (Å²) < 4.78 is 28.1. The molecule has 0 heterocycles. The third-order valence-electron chi connectivity index (χ3n) is 5.28. The molecule has 0 unspecified atom stereocenters. The molecule has 0 fully saturated rings. The highest BCUT2D eigenvalue weighted by atomic mass is 16.5. The molecule has 4 aromatic carbocycles. The Labute approximate surface area is 204 Å². The van der Waals surface area contributed by atoms with Gasteiger partial charge in [0.2, 0.25) is 0 Å². The van der Waals surface area contributed by atoms with Gasteiger partial charge in [0.25, 0.3) is 0 Å². The molecule has 0 saturated carbocycles. The largest absolute Gasteiger partial charge is 0.491 e. The minimum absolute atomic E-state index is 0.00732. The van der Waals surface area contributed by atoms with Crippen molar-refractivity contribution in [1.29, 1.82) is 0 Å². The van der Waals surface area contributed by atoms with Crippen LogP contribution < -0.4 is 18.9 Å². The minimum atomic E-state index is -0.00732. The van der Waals surface area contributed by atoms with E-state index < -0.39 is 0 Å². The van der Waals surface area contributed by atoms with E-state index in [0.29, 0.717) is 26.4 Å². The summed E-state index contributed by atoms with van der Waals surface area (Å²) in [4.78, 5) is 0. The Kier molecular flexibility index (Phi) is 9.00. The van der Waals surface area contributed by atoms with Gasteiger partial charge in [0.05, 0.1) is 26.4 Å². The monoisotopic (exact) mass is 478 g/mol. The van der Waals surface area contributed by atoms with E-state index in [1.807, 2.05) is 72.8 Å². The van der Waals surface area contributed by atoms with Crippen LogP contribution in [0.5, 0.6) is 23.0 Å². The Hall–Kier alpha value is -3.52. The van der Waals surface area contributed by atoms with Crippen LogP contribution in [-0.2, 0) is 4.74 Å². The molecule has 0 aliphatic heterocycles. The Morgan fingerprint density at radius 3 is 1.03 bits per heavy atom. The predicted molar refractivity (Wildman–Crippen MR) is 135 cm³/mol. The molecule has 4 rings (SSSR count). The molecule has 7 nitrogen and oxygen atoms in total. The molecule has 0 aliphatic rings. The van der Waals surface area contributed by atoms with Crippen molar-refractivity contribution in [2.75, 3.05) is 52.9 Å². The van der Waals surface area contributed by atoms with Crippen molar-refractivity contribution in [2.24, 2.45) is 0 Å². The van der Waals surface area contributed by atoms with Gasteiger partial charge in [-0.25, -0.2) is 0 Å². The van der Waals surface area contributed by atoms with Gasteiger partial charge in [0.1, 0.15) is 49.4 Å². The van der Waals surface area contributed by atoms with Crippen molar-refractivity contribution >= 4 is 21.5 Å². The number of aliphatic hydroxyl groups excluding tert-OH is 2. The van der Waals surface area contributed by atoms with Crippen LogP contribution in [0, 0.1) is 0 Å². The van der Waals surface area contributed by atoms with Gasteiger partial charge in [-0.15, -0.1) is 0 Å². The SMILES string of the molecule is OCCOc1ccc2cc(OCCOCCOc3ccc4cc(OCCO)ccc4c3)ccc2c1. The molecule has 4 aromatic rings. The summed E-state index contributed by atoms with van der Waals surface area (Å²) in [5.41, 5.74) is 0. The fraction of sp³-hybridized carbons (Fsp3) is 0.286. The van der Waals surface area contributed by atoms with Crippen LogP contribution in [0.15, 0.2) is 72.8 Å². The normalized spacial score (nSPS) is 11.0. The molecule has 0 aromatic heterocycles. The molecule has 0 aliphatic carbocycles. The molecule has 0 saturated heterocycles. The van der Waals surface area contributed by atoms with Crippen LogP contribution >= 0.6 is 0 Å². The van der Waals surface area contributed by atoms with E-state index in [-0.39, 0.29) is 26.4 Å². The van der Waals surface area contributed by atoms with E-state index in [9.17, 15) is 0 Å². The lowest BCUT2D eigenvalue weighted by atomic mass is 10.1. The van der Waals surface area contributed by atoms with E-state index in [0.717, 1.165) is 44.5 Å². The zero-order valence-electron chi connectivity index (χ0n) is 19.5. The van der Waals surface area contributed by atoms with Gasteiger partial charge >= 0.3 is 0 Å². The van der Waals surface area contributed by atoms with Gasteiger partial charge in [-0.1, -0.05) is 24.3 Å². The lowest BCUT2D eigenvalue weighted by Crippen LogP contribution is -2.12. The predicted octanol–water partition coefficient (Wildman–Crippen LogP) is 4.21. The molecule has 0 radical (unpaired) electrons. The first-order valence-corrected chi connectivity index (χ1v) is 11.6. The van der Waals surface area contributed by atoms with Crippen LogP contribution in [0.1, 0.15) is 0 Å². The lowest BCUT2D eigenvalue weighted by Gasteiger charge is -2.11. The molecule has 2 N–H and O–H groups in total. The van der Waals surface area contributed by atoms with Crippen molar-refractivity contribution in [3.8, 4) is 23.0 Å². The van der Waals surface area contributed by atoms with Gasteiger partial charge in [0, 0.05) is 0 Å². The molecule has 0 spiro atoms. The fourth-order valence-electron chi connectivity index (χ4n) is 3.63. The van der Waals surface area contributed by atoms with Gasteiger partial charge in [-0.2, -0.15) is 0 Å². The summed E-state index contributed by atoms with van der Waals surface area (Å²) in [6.07, 6.45) is 0. The molecule has 7 heteroatoms. The Balaban J connectivity index is 1.16. The average Bonchev–Trinajstić information content (AvgIpc) is 2.89. The fourth-order valence-corrected chi connectivity index (χ4v) is 3.63. The molecule has 0 bridgehead atoms. The summed E-state index contributed by atoms with van der Waals surface area (Å²) in [6.45, 7) is 2.36. The lowest BCUT2D eigenvalue weighted by molar-refractivity contribution is 0.0765. The first-order chi connectivity index (χ1) is 17.2. The number of rotatable bonds is 14. The Morgan fingerprint density at radius 1 is 0.400 bits per heavy atom. The maximum absolute atomic E-state index is 8.87. The van der Waals surface area contributed by atoms with Crippen LogP contribution in [0.2, 0.25) is 0 Å². The van der Waals surface area contributed by atoms with Crippen LogP contribution in [0.4, 0.5) is 0 Å². The summed E-state index contributed by atoms with van der Waals surface area (Å²) in [7, 11) is 0. The van der Waals surface area contributed by atoms with Crippen molar-refractivity contribution < 1.29 is 33.9 Å². The second-order valence-electron chi connectivity index (χ2n) is 7.79. The first-order valence-electron chi connectivity index (χ1n) is 11.6. The third kappa shape index (κ3) is 7.23. The Bertz CT molecular complexity index is 1130. The highest BCUT2D eigenvalue weighted by molar-refractivity contribution is 5.86. The highest BCUT2D eigenvalue weighted by Crippen LogP contribution is 2.26.